The quantitative estimate of drug-likeness (QED) is 0.748. The largest absolute Gasteiger partial charge is 0.469 e. The van der Waals surface area contributed by atoms with Crippen molar-refractivity contribution in [2.24, 2.45) is 5.92 Å². The smallest absolute Gasteiger partial charge is 0.309 e. The van der Waals surface area contributed by atoms with Crippen molar-refractivity contribution in [2.45, 2.75) is 24.7 Å². The molecule has 2 heterocycles. The average Bonchev–Trinajstić information content (AvgIpc) is 2.73. The molecule has 0 radical (unpaired) electrons. The second-order valence-corrected chi connectivity index (χ2v) is 8.81. The summed E-state index contributed by atoms with van der Waals surface area (Å²) in [5.41, 5.74) is 1.47. The molecule has 1 aliphatic heterocycles. The molecule has 0 bridgehead atoms. The van der Waals surface area contributed by atoms with Gasteiger partial charge < -0.3 is 10.1 Å². The molecule has 0 spiro atoms. The zero-order valence-corrected chi connectivity index (χ0v) is 17.1. The van der Waals surface area contributed by atoms with Crippen LogP contribution in [0.15, 0.2) is 47.4 Å². The third-order valence-corrected chi connectivity index (χ3v) is 6.67. The Balaban J connectivity index is 1.71. The molecule has 29 heavy (non-hydrogen) atoms. The third-order valence-electron chi connectivity index (χ3n) is 4.79. The molecule has 1 aromatic heterocycles. The molecule has 1 N–H and O–H groups in total. The zero-order valence-electron chi connectivity index (χ0n) is 16.3. The summed E-state index contributed by atoms with van der Waals surface area (Å²) in [6, 6.07) is 11.1. The van der Waals surface area contributed by atoms with Gasteiger partial charge in [0.15, 0.2) is 0 Å². The molecular weight excluding hydrogens is 394 g/mol. The van der Waals surface area contributed by atoms with Crippen molar-refractivity contribution in [1.29, 1.82) is 0 Å². The number of esters is 1. The minimum Gasteiger partial charge on any atom is -0.469 e. The van der Waals surface area contributed by atoms with Gasteiger partial charge in [0, 0.05) is 24.5 Å². The lowest BCUT2D eigenvalue weighted by Gasteiger charge is -2.30. The maximum absolute atomic E-state index is 12.9. The molecule has 0 saturated carbocycles. The Kier molecular flexibility index (Phi) is 6.29. The number of amides is 1. The van der Waals surface area contributed by atoms with Gasteiger partial charge in [0.25, 0.3) is 5.91 Å². The third kappa shape index (κ3) is 4.80. The highest BCUT2D eigenvalue weighted by atomic mass is 32.2. The van der Waals surface area contributed by atoms with E-state index in [4.69, 9.17) is 4.74 Å². The van der Waals surface area contributed by atoms with Crippen LogP contribution in [-0.2, 0) is 19.6 Å². The standard InChI is InChI=1S/C20H23N3O5S/c1-14-5-3-7-18(21-14)19(24)22-16-8-10-17(11-9-16)29(26,27)23-12-4-6-15(13-23)20(25)28-2/h3,5,7-11,15H,4,6,12-13H2,1-2H3,(H,22,24). The normalized spacial score (nSPS) is 17.5. The van der Waals surface area contributed by atoms with Crippen LogP contribution in [0.5, 0.6) is 0 Å². The molecule has 1 fully saturated rings. The molecule has 1 aliphatic rings. The highest BCUT2D eigenvalue weighted by Crippen LogP contribution is 2.25. The predicted molar refractivity (Wildman–Crippen MR) is 107 cm³/mol. The molecule has 8 nitrogen and oxygen atoms in total. The van der Waals surface area contributed by atoms with E-state index in [0.29, 0.717) is 25.1 Å². The monoisotopic (exact) mass is 417 g/mol. The van der Waals surface area contributed by atoms with Gasteiger partial charge in [0.2, 0.25) is 10.0 Å². The summed E-state index contributed by atoms with van der Waals surface area (Å²) in [5, 5.41) is 2.70. The summed E-state index contributed by atoms with van der Waals surface area (Å²) in [4.78, 5) is 28.3. The number of pyridine rings is 1. The number of piperidine rings is 1. The topological polar surface area (TPSA) is 106 Å². The van der Waals surface area contributed by atoms with Crippen LogP contribution < -0.4 is 5.32 Å². The first kappa shape index (κ1) is 20.9. The fraction of sp³-hybridized carbons (Fsp3) is 0.350. The van der Waals surface area contributed by atoms with Crippen molar-refractivity contribution in [3.8, 4) is 0 Å². The minimum absolute atomic E-state index is 0.104. The molecule has 1 atom stereocenters. The number of benzene rings is 1. The number of sulfonamides is 1. The van der Waals surface area contributed by atoms with Gasteiger partial charge >= 0.3 is 5.97 Å². The molecule has 1 unspecified atom stereocenters. The fourth-order valence-corrected chi connectivity index (χ4v) is 4.77. The molecule has 9 heteroatoms. The van der Waals surface area contributed by atoms with Crippen LogP contribution in [0.4, 0.5) is 5.69 Å². The van der Waals surface area contributed by atoms with E-state index in [2.05, 4.69) is 10.3 Å². The van der Waals surface area contributed by atoms with Crippen LogP contribution in [0.3, 0.4) is 0 Å². The van der Waals surface area contributed by atoms with Gasteiger partial charge in [-0.3, -0.25) is 9.59 Å². The molecular formula is C20H23N3O5S. The van der Waals surface area contributed by atoms with Gasteiger partial charge in [-0.2, -0.15) is 4.31 Å². The fourth-order valence-electron chi connectivity index (χ4n) is 3.24. The first-order chi connectivity index (χ1) is 13.8. The summed E-state index contributed by atoms with van der Waals surface area (Å²) in [7, 11) is -2.44. The van der Waals surface area contributed by atoms with E-state index in [0.717, 1.165) is 5.69 Å². The van der Waals surface area contributed by atoms with Crippen molar-refractivity contribution in [2.75, 3.05) is 25.5 Å². The van der Waals surface area contributed by atoms with Gasteiger partial charge in [-0.05, 0) is 56.2 Å². The van der Waals surface area contributed by atoms with Crippen LogP contribution in [-0.4, -0.2) is 49.8 Å². The number of rotatable bonds is 5. The number of hydrogen-bond donors (Lipinski definition) is 1. The number of nitrogens with zero attached hydrogens (tertiary/aromatic N) is 2. The van der Waals surface area contributed by atoms with E-state index in [1.165, 1.54) is 35.7 Å². The van der Waals surface area contributed by atoms with E-state index >= 15 is 0 Å². The molecule has 1 aromatic carbocycles. The summed E-state index contributed by atoms with van der Waals surface area (Å²) >= 11 is 0. The minimum atomic E-state index is -3.74. The summed E-state index contributed by atoms with van der Waals surface area (Å²) in [5.74, 6) is -1.22. The second kappa shape index (κ2) is 8.71. The first-order valence-electron chi connectivity index (χ1n) is 9.24. The molecule has 0 aliphatic carbocycles. The molecule has 154 valence electrons. The number of ether oxygens (including phenoxy) is 1. The highest BCUT2D eigenvalue weighted by molar-refractivity contribution is 7.89. The number of hydrogen-bond acceptors (Lipinski definition) is 6. The Labute approximate surface area is 169 Å². The first-order valence-corrected chi connectivity index (χ1v) is 10.7. The number of methoxy groups -OCH3 is 1. The van der Waals surface area contributed by atoms with Gasteiger partial charge in [-0.25, -0.2) is 13.4 Å². The average molecular weight is 417 g/mol. The van der Waals surface area contributed by atoms with Crippen LogP contribution >= 0.6 is 0 Å². The second-order valence-electron chi connectivity index (χ2n) is 6.87. The number of aryl methyl sites for hydroxylation is 1. The number of anilines is 1. The lowest BCUT2D eigenvalue weighted by atomic mass is 10.0. The van der Waals surface area contributed by atoms with E-state index in [1.54, 1.807) is 25.1 Å². The van der Waals surface area contributed by atoms with Gasteiger partial charge in [-0.15, -0.1) is 0 Å². The van der Waals surface area contributed by atoms with Gasteiger partial charge in [0.05, 0.1) is 17.9 Å². The highest BCUT2D eigenvalue weighted by Gasteiger charge is 2.33. The lowest BCUT2D eigenvalue weighted by molar-refractivity contribution is -0.146. The van der Waals surface area contributed by atoms with Gasteiger partial charge in [-0.1, -0.05) is 6.07 Å². The number of carbonyl (C=O) groups is 2. The van der Waals surface area contributed by atoms with Crippen LogP contribution in [0.2, 0.25) is 0 Å². The lowest BCUT2D eigenvalue weighted by Crippen LogP contribution is -2.42. The number of carbonyl (C=O) groups excluding carboxylic acids is 2. The van der Waals surface area contributed by atoms with Crippen LogP contribution in [0, 0.1) is 12.8 Å². The SMILES string of the molecule is COC(=O)C1CCCN(S(=O)(=O)c2ccc(NC(=O)c3cccc(C)n3)cc2)C1. The van der Waals surface area contributed by atoms with Crippen molar-refractivity contribution in [3.05, 3.63) is 53.9 Å². The summed E-state index contributed by atoms with van der Waals surface area (Å²) < 4.78 is 31.9. The Bertz CT molecular complexity index is 1010. The summed E-state index contributed by atoms with van der Waals surface area (Å²) in [6.07, 6.45) is 1.20. The van der Waals surface area contributed by atoms with Crippen LogP contribution in [0.25, 0.3) is 0 Å². The Morgan fingerprint density at radius 3 is 2.55 bits per heavy atom. The number of aromatic nitrogens is 1. The van der Waals surface area contributed by atoms with Crippen molar-refractivity contribution in [1.82, 2.24) is 9.29 Å². The van der Waals surface area contributed by atoms with E-state index < -0.39 is 21.9 Å². The Hall–Kier alpha value is -2.78. The summed E-state index contributed by atoms with van der Waals surface area (Å²) in [6.45, 7) is 2.25. The van der Waals surface area contributed by atoms with Crippen LogP contribution in [0.1, 0.15) is 29.0 Å². The van der Waals surface area contributed by atoms with E-state index in [9.17, 15) is 18.0 Å². The Morgan fingerprint density at radius 1 is 1.17 bits per heavy atom. The number of nitrogens with one attached hydrogen (secondary N) is 1. The molecule has 1 amide bonds. The van der Waals surface area contributed by atoms with Gasteiger partial charge in [0.1, 0.15) is 5.69 Å². The maximum Gasteiger partial charge on any atom is 0.309 e. The van der Waals surface area contributed by atoms with E-state index in [-0.39, 0.29) is 23.0 Å². The predicted octanol–water partition coefficient (Wildman–Crippen LogP) is 2.22. The van der Waals surface area contributed by atoms with Crippen molar-refractivity contribution >= 4 is 27.6 Å². The van der Waals surface area contributed by atoms with E-state index in [1.807, 2.05) is 0 Å². The van der Waals surface area contributed by atoms with Crippen molar-refractivity contribution < 1.29 is 22.7 Å². The van der Waals surface area contributed by atoms with Crippen molar-refractivity contribution in [3.63, 3.8) is 0 Å². The molecule has 3 rings (SSSR count). The molecule has 1 saturated heterocycles. The zero-order chi connectivity index (χ0) is 21.0. The maximum atomic E-state index is 12.9. The Morgan fingerprint density at radius 2 is 1.90 bits per heavy atom. The molecule has 2 aromatic rings.